The molecule has 2 aromatic rings. The van der Waals surface area contributed by atoms with Gasteiger partial charge in [-0.1, -0.05) is 24.3 Å². The summed E-state index contributed by atoms with van der Waals surface area (Å²) in [4.78, 5) is 0. The standard InChI is InChI=1S/C24H34O3/c1-23(2,17-15-19-7-11-21(25-5)12-8-19)27-24(3,4)18-16-20-9-13-22(26-6)14-10-20/h7-14H,15-18H2,1-6H3. The molecule has 0 unspecified atom stereocenters. The van der Waals surface area contributed by atoms with E-state index in [0.717, 1.165) is 37.2 Å². The van der Waals surface area contributed by atoms with Gasteiger partial charge in [0.05, 0.1) is 25.4 Å². The van der Waals surface area contributed by atoms with Gasteiger partial charge in [0.2, 0.25) is 0 Å². The molecule has 0 heterocycles. The number of methoxy groups -OCH3 is 2. The average molecular weight is 371 g/mol. The first kappa shape index (κ1) is 21.3. The quantitative estimate of drug-likeness (QED) is 0.525. The molecule has 3 heteroatoms. The van der Waals surface area contributed by atoms with Crippen molar-refractivity contribution >= 4 is 0 Å². The van der Waals surface area contributed by atoms with Crippen LogP contribution in [-0.2, 0) is 17.6 Å². The van der Waals surface area contributed by atoms with Crippen LogP contribution < -0.4 is 9.47 Å². The van der Waals surface area contributed by atoms with Crippen molar-refractivity contribution in [2.75, 3.05) is 14.2 Å². The molecule has 2 aromatic carbocycles. The molecule has 0 amide bonds. The van der Waals surface area contributed by atoms with E-state index < -0.39 is 0 Å². The summed E-state index contributed by atoms with van der Waals surface area (Å²) >= 11 is 0. The van der Waals surface area contributed by atoms with Gasteiger partial charge in [-0.15, -0.1) is 0 Å². The Morgan fingerprint density at radius 2 is 0.926 bits per heavy atom. The Kier molecular flexibility index (Phi) is 7.32. The van der Waals surface area contributed by atoms with E-state index in [1.54, 1.807) is 14.2 Å². The third-order valence-electron chi connectivity index (χ3n) is 4.90. The van der Waals surface area contributed by atoms with Crippen LogP contribution in [0.4, 0.5) is 0 Å². The molecule has 0 saturated carbocycles. The second-order valence-electron chi connectivity index (χ2n) is 8.32. The van der Waals surface area contributed by atoms with E-state index in [1.165, 1.54) is 11.1 Å². The molecule has 0 N–H and O–H groups in total. The van der Waals surface area contributed by atoms with Gasteiger partial charge >= 0.3 is 0 Å². The number of rotatable bonds is 10. The molecular weight excluding hydrogens is 336 g/mol. The largest absolute Gasteiger partial charge is 0.497 e. The van der Waals surface area contributed by atoms with E-state index in [9.17, 15) is 0 Å². The first-order chi connectivity index (χ1) is 12.7. The molecule has 27 heavy (non-hydrogen) atoms. The van der Waals surface area contributed by atoms with Crippen LogP contribution in [0, 0.1) is 0 Å². The van der Waals surface area contributed by atoms with Crippen LogP contribution in [0.1, 0.15) is 51.7 Å². The summed E-state index contributed by atoms with van der Waals surface area (Å²) in [5.74, 6) is 1.79. The van der Waals surface area contributed by atoms with E-state index in [2.05, 4.69) is 52.0 Å². The lowest BCUT2D eigenvalue weighted by atomic mass is 9.94. The second kappa shape index (κ2) is 9.27. The van der Waals surface area contributed by atoms with Crippen LogP contribution in [0.2, 0.25) is 0 Å². The monoisotopic (exact) mass is 370 g/mol. The van der Waals surface area contributed by atoms with Gasteiger partial charge in [-0.3, -0.25) is 0 Å². The predicted molar refractivity (Wildman–Crippen MR) is 112 cm³/mol. The third kappa shape index (κ3) is 7.26. The Morgan fingerprint density at radius 3 is 1.22 bits per heavy atom. The summed E-state index contributed by atoms with van der Waals surface area (Å²) in [7, 11) is 3.39. The van der Waals surface area contributed by atoms with Gasteiger partial charge in [0, 0.05) is 0 Å². The van der Waals surface area contributed by atoms with E-state index in [1.807, 2.05) is 24.3 Å². The topological polar surface area (TPSA) is 27.7 Å². The molecule has 0 aromatic heterocycles. The van der Waals surface area contributed by atoms with Gasteiger partial charge in [0.1, 0.15) is 11.5 Å². The summed E-state index contributed by atoms with van der Waals surface area (Å²) in [6, 6.07) is 16.6. The van der Waals surface area contributed by atoms with Crippen LogP contribution in [0.15, 0.2) is 48.5 Å². The number of ether oxygens (including phenoxy) is 3. The van der Waals surface area contributed by atoms with E-state index in [-0.39, 0.29) is 11.2 Å². The minimum absolute atomic E-state index is 0.177. The number of aryl methyl sites for hydroxylation is 2. The Morgan fingerprint density at radius 1 is 0.593 bits per heavy atom. The normalized spacial score (nSPS) is 12.1. The fourth-order valence-electron chi connectivity index (χ4n) is 3.33. The zero-order valence-electron chi connectivity index (χ0n) is 17.7. The van der Waals surface area contributed by atoms with E-state index in [0.29, 0.717) is 0 Å². The van der Waals surface area contributed by atoms with Crippen molar-refractivity contribution in [2.24, 2.45) is 0 Å². The van der Waals surface area contributed by atoms with Crippen molar-refractivity contribution in [1.82, 2.24) is 0 Å². The summed E-state index contributed by atoms with van der Waals surface area (Å²) in [5.41, 5.74) is 2.26. The maximum absolute atomic E-state index is 6.51. The lowest BCUT2D eigenvalue weighted by molar-refractivity contribution is -0.128. The van der Waals surface area contributed by atoms with E-state index >= 15 is 0 Å². The first-order valence-electron chi connectivity index (χ1n) is 9.69. The molecule has 0 atom stereocenters. The average Bonchev–Trinajstić information content (AvgIpc) is 2.65. The zero-order valence-corrected chi connectivity index (χ0v) is 17.7. The molecule has 0 aliphatic rings. The molecule has 148 valence electrons. The molecule has 0 aliphatic heterocycles. The van der Waals surface area contributed by atoms with Crippen molar-refractivity contribution < 1.29 is 14.2 Å². The first-order valence-corrected chi connectivity index (χ1v) is 9.69. The molecule has 0 saturated heterocycles. The van der Waals surface area contributed by atoms with Gasteiger partial charge in [-0.05, 0) is 88.8 Å². The summed E-state index contributed by atoms with van der Waals surface area (Å²) in [6.45, 7) is 8.74. The highest BCUT2D eigenvalue weighted by atomic mass is 16.5. The van der Waals surface area contributed by atoms with Crippen LogP contribution in [-0.4, -0.2) is 25.4 Å². The number of hydrogen-bond acceptors (Lipinski definition) is 3. The Bertz CT molecular complexity index is 623. The highest BCUT2D eigenvalue weighted by Gasteiger charge is 2.28. The van der Waals surface area contributed by atoms with Gasteiger partial charge < -0.3 is 14.2 Å². The Labute approximate surface area is 164 Å². The van der Waals surface area contributed by atoms with Crippen molar-refractivity contribution in [3.8, 4) is 11.5 Å². The van der Waals surface area contributed by atoms with E-state index in [4.69, 9.17) is 14.2 Å². The van der Waals surface area contributed by atoms with Crippen LogP contribution in [0.25, 0.3) is 0 Å². The smallest absolute Gasteiger partial charge is 0.118 e. The molecule has 3 nitrogen and oxygen atoms in total. The van der Waals surface area contributed by atoms with Crippen LogP contribution >= 0.6 is 0 Å². The molecular formula is C24H34O3. The fraction of sp³-hybridized carbons (Fsp3) is 0.500. The minimum Gasteiger partial charge on any atom is -0.497 e. The van der Waals surface area contributed by atoms with Gasteiger partial charge in [-0.25, -0.2) is 0 Å². The Balaban J connectivity index is 1.85. The molecule has 0 spiro atoms. The molecule has 0 fully saturated rings. The fourth-order valence-corrected chi connectivity index (χ4v) is 3.33. The maximum Gasteiger partial charge on any atom is 0.118 e. The summed E-state index contributed by atoms with van der Waals surface area (Å²) in [6.07, 6.45) is 3.94. The predicted octanol–water partition coefficient (Wildman–Crippen LogP) is 5.84. The number of benzene rings is 2. The Hall–Kier alpha value is -2.00. The highest BCUT2D eigenvalue weighted by molar-refractivity contribution is 5.28. The molecule has 0 bridgehead atoms. The minimum atomic E-state index is -0.177. The molecule has 0 radical (unpaired) electrons. The SMILES string of the molecule is COc1ccc(CCC(C)(C)OC(C)(C)CCc2ccc(OC)cc2)cc1. The lowest BCUT2D eigenvalue weighted by Gasteiger charge is -2.36. The third-order valence-corrected chi connectivity index (χ3v) is 4.90. The highest BCUT2D eigenvalue weighted by Crippen LogP contribution is 2.29. The molecule has 0 aliphatic carbocycles. The number of hydrogen-bond donors (Lipinski definition) is 0. The van der Waals surface area contributed by atoms with Crippen LogP contribution in [0.3, 0.4) is 0 Å². The second-order valence-corrected chi connectivity index (χ2v) is 8.32. The summed E-state index contributed by atoms with van der Waals surface area (Å²) in [5, 5.41) is 0. The van der Waals surface area contributed by atoms with Gasteiger partial charge in [0.25, 0.3) is 0 Å². The van der Waals surface area contributed by atoms with Gasteiger partial charge in [0.15, 0.2) is 0 Å². The molecule has 2 rings (SSSR count). The van der Waals surface area contributed by atoms with Gasteiger partial charge in [-0.2, -0.15) is 0 Å². The van der Waals surface area contributed by atoms with Crippen molar-refractivity contribution in [2.45, 2.75) is 64.6 Å². The zero-order chi connectivity index (χ0) is 19.9. The van der Waals surface area contributed by atoms with Crippen molar-refractivity contribution in [1.29, 1.82) is 0 Å². The lowest BCUT2D eigenvalue weighted by Crippen LogP contribution is -2.37. The van der Waals surface area contributed by atoms with Crippen molar-refractivity contribution in [3.05, 3.63) is 59.7 Å². The maximum atomic E-state index is 6.51. The summed E-state index contributed by atoms with van der Waals surface area (Å²) < 4.78 is 17.0. The van der Waals surface area contributed by atoms with Crippen LogP contribution in [0.5, 0.6) is 11.5 Å². The van der Waals surface area contributed by atoms with Crippen molar-refractivity contribution in [3.63, 3.8) is 0 Å².